The van der Waals surface area contributed by atoms with E-state index in [2.05, 4.69) is 5.16 Å². The molecule has 4 rings (SSSR count). The van der Waals surface area contributed by atoms with Crippen LogP contribution in [0.25, 0.3) is 0 Å². The molecule has 0 spiro atoms. The van der Waals surface area contributed by atoms with Crippen LogP contribution in [0.1, 0.15) is 34.0 Å². The Morgan fingerprint density at radius 3 is 2.66 bits per heavy atom. The van der Waals surface area contributed by atoms with Crippen molar-refractivity contribution in [3.8, 4) is 5.75 Å². The number of aliphatic hydroxyl groups is 1. The van der Waals surface area contributed by atoms with Crippen molar-refractivity contribution in [1.29, 1.82) is 0 Å². The van der Waals surface area contributed by atoms with Crippen LogP contribution in [0.2, 0.25) is 0 Å². The predicted octanol–water partition coefficient (Wildman–Crippen LogP) is 4.23. The van der Waals surface area contributed by atoms with Crippen molar-refractivity contribution in [2.45, 2.75) is 19.9 Å². The maximum Gasteiger partial charge on any atom is 0.295 e. The number of benzene rings is 1. The van der Waals surface area contributed by atoms with E-state index in [4.69, 9.17) is 9.26 Å². The zero-order valence-corrected chi connectivity index (χ0v) is 16.6. The number of carbonyl (C=O) groups excluding carboxylic acids is 2. The number of aromatic nitrogens is 1. The Hall–Kier alpha value is -3.39. The first-order valence-corrected chi connectivity index (χ1v) is 9.90. The van der Waals surface area contributed by atoms with Gasteiger partial charge in [0.15, 0.2) is 11.6 Å². The van der Waals surface area contributed by atoms with Crippen LogP contribution >= 0.6 is 11.3 Å². The summed E-state index contributed by atoms with van der Waals surface area (Å²) in [5.41, 5.74) is 0.661. The molecule has 1 amide bonds. The van der Waals surface area contributed by atoms with Crippen LogP contribution in [0.4, 0.5) is 5.82 Å². The van der Waals surface area contributed by atoms with E-state index >= 15 is 0 Å². The molecule has 1 atom stereocenters. The molecule has 1 aliphatic heterocycles. The molecule has 0 radical (unpaired) electrons. The highest BCUT2D eigenvalue weighted by Gasteiger charge is 2.46. The van der Waals surface area contributed by atoms with Crippen molar-refractivity contribution in [3.63, 3.8) is 0 Å². The van der Waals surface area contributed by atoms with Gasteiger partial charge in [0.05, 0.1) is 23.1 Å². The van der Waals surface area contributed by atoms with Gasteiger partial charge < -0.3 is 14.4 Å². The fraction of sp³-hybridized carbons (Fsp3) is 0.190. The van der Waals surface area contributed by atoms with Gasteiger partial charge in [-0.2, -0.15) is 0 Å². The highest BCUT2D eigenvalue weighted by molar-refractivity contribution is 7.12. The molecule has 8 heteroatoms. The van der Waals surface area contributed by atoms with Crippen LogP contribution in [0.15, 0.2) is 63.7 Å². The lowest BCUT2D eigenvalue weighted by atomic mass is 9.95. The van der Waals surface area contributed by atoms with Gasteiger partial charge in [-0.1, -0.05) is 23.4 Å². The first-order chi connectivity index (χ1) is 14.0. The molecular formula is C21H18N2O5S. The fourth-order valence-electron chi connectivity index (χ4n) is 3.31. The van der Waals surface area contributed by atoms with Crippen molar-refractivity contribution in [3.05, 3.63) is 75.4 Å². The molecule has 0 bridgehead atoms. The molecule has 2 aromatic heterocycles. The molecular weight excluding hydrogens is 392 g/mol. The minimum atomic E-state index is -0.836. The van der Waals surface area contributed by atoms with Crippen molar-refractivity contribution < 1.29 is 24.0 Å². The van der Waals surface area contributed by atoms with E-state index in [1.165, 1.54) is 16.2 Å². The van der Waals surface area contributed by atoms with E-state index in [-0.39, 0.29) is 11.4 Å². The molecule has 3 aromatic rings. The molecule has 7 nitrogen and oxygen atoms in total. The number of carbonyl (C=O) groups is 2. The van der Waals surface area contributed by atoms with Crippen molar-refractivity contribution >= 4 is 28.8 Å². The lowest BCUT2D eigenvalue weighted by Gasteiger charge is -2.24. The number of rotatable bonds is 6. The van der Waals surface area contributed by atoms with E-state index in [0.29, 0.717) is 28.6 Å². The number of anilines is 1. The first kappa shape index (κ1) is 18.9. The number of ether oxygens (including phenoxy) is 1. The maximum atomic E-state index is 13.1. The topological polar surface area (TPSA) is 92.9 Å². The van der Waals surface area contributed by atoms with Gasteiger partial charge in [-0.15, -0.1) is 11.3 Å². The summed E-state index contributed by atoms with van der Waals surface area (Å²) in [4.78, 5) is 27.8. The predicted molar refractivity (Wildman–Crippen MR) is 107 cm³/mol. The second-order valence-electron chi connectivity index (χ2n) is 6.44. The summed E-state index contributed by atoms with van der Waals surface area (Å²) >= 11 is 1.25. The normalized spacial score (nSPS) is 16.6. The number of ketones is 1. The molecule has 1 aliphatic rings. The molecule has 0 aliphatic carbocycles. The number of aliphatic hydroxyl groups excluding tert-OH is 1. The van der Waals surface area contributed by atoms with Gasteiger partial charge in [-0.05, 0) is 43.0 Å². The number of nitrogens with zero attached hydrogens (tertiary/aromatic N) is 2. The van der Waals surface area contributed by atoms with Gasteiger partial charge in [-0.25, -0.2) is 0 Å². The van der Waals surface area contributed by atoms with Crippen molar-refractivity contribution in [2.75, 3.05) is 11.5 Å². The highest BCUT2D eigenvalue weighted by atomic mass is 32.1. The average Bonchev–Trinajstić information content (AvgIpc) is 3.44. The van der Waals surface area contributed by atoms with Gasteiger partial charge in [0.1, 0.15) is 11.5 Å². The minimum Gasteiger partial charge on any atom is -0.503 e. The number of Topliss-reactive ketones (excluding diaryl/α,β-unsaturated/α-hetero) is 1. The van der Waals surface area contributed by atoms with Crippen LogP contribution in [0.3, 0.4) is 0 Å². The van der Waals surface area contributed by atoms with E-state index in [1.54, 1.807) is 54.8 Å². The third kappa shape index (κ3) is 3.31. The Morgan fingerprint density at radius 1 is 1.31 bits per heavy atom. The van der Waals surface area contributed by atoms with Crippen LogP contribution in [-0.2, 0) is 4.79 Å². The van der Waals surface area contributed by atoms with Gasteiger partial charge in [-0.3, -0.25) is 14.5 Å². The van der Waals surface area contributed by atoms with Crippen LogP contribution in [-0.4, -0.2) is 28.6 Å². The van der Waals surface area contributed by atoms with Gasteiger partial charge in [0.2, 0.25) is 5.78 Å². The zero-order valence-electron chi connectivity index (χ0n) is 15.8. The summed E-state index contributed by atoms with van der Waals surface area (Å²) in [6.07, 6.45) is 0. The fourth-order valence-corrected chi connectivity index (χ4v) is 3.99. The van der Waals surface area contributed by atoms with Gasteiger partial charge >= 0.3 is 0 Å². The maximum absolute atomic E-state index is 13.1. The summed E-state index contributed by atoms with van der Waals surface area (Å²) < 4.78 is 10.6. The number of hydrogen-bond acceptors (Lipinski definition) is 7. The summed E-state index contributed by atoms with van der Waals surface area (Å²) in [5, 5.41) is 16.3. The number of hydrogen-bond donors (Lipinski definition) is 1. The third-order valence-electron chi connectivity index (χ3n) is 4.57. The highest BCUT2D eigenvalue weighted by Crippen LogP contribution is 2.42. The van der Waals surface area contributed by atoms with Crippen molar-refractivity contribution in [1.82, 2.24) is 5.16 Å². The molecule has 148 valence electrons. The number of aryl methyl sites for hydroxylation is 1. The summed E-state index contributed by atoms with van der Waals surface area (Å²) in [6.45, 7) is 4.11. The molecule has 0 saturated carbocycles. The Balaban J connectivity index is 1.83. The molecule has 29 heavy (non-hydrogen) atoms. The number of amides is 1. The molecule has 0 fully saturated rings. The van der Waals surface area contributed by atoms with E-state index in [0.717, 1.165) is 0 Å². The molecule has 0 saturated heterocycles. The largest absolute Gasteiger partial charge is 0.503 e. The summed E-state index contributed by atoms with van der Waals surface area (Å²) in [5.74, 6) is -0.265. The Bertz CT molecular complexity index is 1080. The Kier molecular flexibility index (Phi) is 4.94. The van der Waals surface area contributed by atoms with E-state index in [1.807, 2.05) is 6.92 Å². The van der Waals surface area contributed by atoms with Crippen molar-refractivity contribution in [2.24, 2.45) is 0 Å². The Morgan fingerprint density at radius 2 is 2.07 bits per heavy atom. The molecule has 1 unspecified atom stereocenters. The van der Waals surface area contributed by atoms with Crippen LogP contribution in [0, 0.1) is 6.92 Å². The number of thiophene rings is 1. The standard InChI is InChI=1S/C21H18N2O5S/c1-3-27-14-8-6-13(7-9-14)18-17(19(24)15-5-4-10-29-15)20(25)21(26)23(18)16-11-12(2)28-22-16/h4-11,18,25H,3H2,1-2H3. The first-order valence-electron chi connectivity index (χ1n) is 9.02. The summed E-state index contributed by atoms with van der Waals surface area (Å²) in [6, 6.07) is 11.2. The second-order valence-corrected chi connectivity index (χ2v) is 7.39. The minimum absolute atomic E-state index is 0.0160. The van der Waals surface area contributed by atoms with Gasteiger partial charge in [0, 0.05) is 6.07 Å². The SMILES string of the molecule is CCOc1ccc(C2C(C(=O)c3cccs3)=C(O)C(=O)N2c2cc(C)on2)cc1. The Labute approximate surface area is 170 Å². The van der Waals surface area contributed by atoms with Gasteiger partial charge in [0.25, 0.3) is 5.91 Å². The zero-order chi connectivity index (χ0) is 20.5. The second kappa shape index (κ2) is 7.56. The molecule has 1 N–H and O–H groups in total. The summed E-state index contributed by atoms with van der Waals surface area (Å²) in [7, 11) is 0. The van der Waals surface area contributed by atoms with Crippen LogP contribution in [0.5, 0.6) is 5.75 Å². The van der Waals surface area contributed by atoms with E-state index in [9.17, 15) is 14.7 Å². The molecule has 1 aromatic carbocycles. The monoisotopic (exact) mass is 410 g/mol. The van der Waals surface area contributed by atoms with E-state index < -0.39 is 23.5 Å². The molecule has 3 heterocycles. The lowest BCUT2D eigenvalue weighted by molar-refractivity contribution is -0.117. The average molecular weight is 410 g/mol. The lowest BCUT2D eigenvalue weighted by Crippen LogP contribution is -2.31. The quantitative estimate of drug-likeness (QED) is 0.612. The van der Waals surface area contributed by atoms with Crippen LogP contribution < -0.4 is 9.64 Å². The third-order valence-corrected chi connectivity index (χ3v) is 5.44. The smallest absolute Gasteiger partial charge is 0.295 e.